The molecule has 0 heterocycles. The third-order valence-corrected chi connectivity index (χ3v) is 2.16. The minimum absolute atomic E-state index is 0.0812. The van der Waals surface area contributed by atoms with E-state index >= 15 is 0 Å². The molecule has 0 aromatic heterocycles. The first-order valence-electron chi connectivity index (χ1n) is 5.26. The number of aryl methyl sites for hydroxylation is 1. The Labute approximate surface area is 90.2 Å². The van der Waals surface area contributed by atoms with E-state index in [0.717, 1.165) is 24.8 Å². The fraction of sp³-hybridized carbons (Fsp3) is 0.417. The third kappa shape index (κ3) is 3.72. The second kappa shape index (κ2) is 6.19. The van der Waals surface area contributed by atoms with Crippen LogP contribution in [0, 0.1) is 0 Å². The number of hydrogen-bond donors (Lipinski definition) is 1. The zero-order chi connectivity index (χ0) is 11.1. The normalized spacial score (nSPS) is 10.0. The maximum atomic E-state index is 11.1. The van der Waals surface area contributed by atoms with Gasteiger partial charge in [-0.1, -0.05) is 31.5 Å². The smallest absolute Gasteiger partial charge is 0.325 e. The van der Waals surface area contributed by atoms with Gasteiger partial charge in [-0.3, -0.25) is 4.79 Å². The van der Waals surface area contributed by atoms with Crippen molar-refractivity contribution in [1.82, 2.24) is 0 Å². The summed E-state index contributed by atoms with van der Waals surface area (Å²) in [6.07, 6.45) is 3.15. The van der Waals surface area contributed by atoms with Crippen LogP contribution in [-0.2, 0) is 11.2 Å². The summed E-state index contributed by atoms with van der Waals surface area (Å²) < 4.78 is 5.13. The van der Waals surface area contributed by atoms with Crippen molar-refractivity contribution in [1.29, 1.82) is 0 Å². The van der Waals surface area contributed by atoms with E-state index in [0.29, 0.717) is 5.75 Å². The fourth-order valence-corrected chi connectivity index (χ4v) is 1.34. The van der Waals surface area contributed by atoms with Crippen LogP contribution >= 0.6 is 0 Å². The van der Waals surface area contributed by atoms with Gasteiger partial charge < -0.3 is 10.5 Å². The molecule has 82 valence electrons. The minimum atomic E-state index is -0.390. The second-order valence-electron chi connectivity index (χ2n) is 3.39. The number of benzene rings is 1. The Morgan fingerprint density at radius 1 is 1.40 bits per heavy atom. The van der Waals surface area contributed by atoms with Gasteiger partial charge in [-0.15, -0.1) is 0 Å². The molecule has 0 spiro atoms. The SMILES string of the molecule is CCCCc1ccccc1OC(=O)CN. The standard InChI is InChI=1S/C12H17NO2/c1-2-3-6-10-7-4-5-8-11(10)15-12(14)9-13/h4-5,7-8H,2-3,6,9,13H2,1H3. The molecule has 0 amide bonds. The van der Waals surface area contributed by atoms with Crippen LogP contribution in [0.2, 0.25) is 0 Å². The lowest BCUT2D eigenvalue weighted by Gasteiger charge is -2.08. The van der Waals surface area contributed by atoms with Crippen LogP contribution in [0.15, 0.2) is 24.3 Å². The first kappa shape index (κ1) is 11.7. The second-order valence-corrected chi connectivity index (χ2v) is 3.39. The van der Waals surface area contributed by atoms with Crippen LogP contribution < -0.4 is 10.5 Å². The van der Waals surface area contributed by atoms with Gasteiger partial charge in [-0.05, 0) is 24.5 Å². The molecule has 0 atom stereocenters. The van der Waals surface area contributed by atoms with E-state index < -0.39 is 0 Å². The van der Waals surface area contributed by atoms with Crippen LogP contribution in [0.5, 0.6) is 5.75 Å². The van der Waals surface area contributed by atoms with E-state index in [1.165, 1.54) is 0 Å². The molecule has 0 radical (unpaired) electrons. The molecule has 0 aliphatic carbocycles. The van der Waals surface area contributed by atoms with Crippen LogP contribution in [0.25, 0.3) is 0 Å². The lowest BCUT2D eigenvalue weighted by Crippen LogP contribution is -2.20. The molecule has 3 heteroatoms. The number of nitrogens with two attached hydrogens (primary N) is 1. The Balaban J connectivity index is 2.72. The van der Waals surface area contributed by atoms with Crippen molar-refractivity contribution in [2.45, 2.75) is 26.2 Å². The Hall–Kier alpha value is -1.35. The van der Waals surface area contributed by atoms with Crippen LogP contribution in [0.4, 0.5) is 0 Å². The van der Waals surface area contributed by atoms with Crippen molar-refractivity contribution in [2.75, 3.05) is 6.54 Å². The predicted molar refractivity (Wildman–Crippen MR) is 59.7 cm³/mol. The first-order valence-corrected chi connectivity index (χ1v) is 5.26. The molecule has 3 nitrogen and oxygen atoms in total. The quantitative estimate of drug-likeness (QED) is 0.592. The molecule has 0 saturated carbocycles. The molecule has 1 aromatic rings. The van der Waals surface area contributed by atoms with Crippen molar-refractivity contribution in [3.8, 4) is 5.75 Å². The molecule has 2 N–H and O–H groups in total. The maximum Gasteiger partial charge on any atom is 0.325 e. The highest BCUT2D eigenvalue weighted by Crippen LogP contribution is 2.19. The Morgan fingerprint density at radius 3 is 2.80 bits per heavy atom. The van der Waals surface area contributed by atoms with Crippen LogP contribution in [0.1, 0.15) is 25.3 Å². The topological polar surface area (TPSA) is 52.3 Å². The molecule has 0 bridgehead atoms. The van der Waals surface area contributed by atoms with Gasteiger partial charge >= 0.3 is 5.97 Å². The van der Waals surface area contributed by atoms with Gasteiger partial charge in [0.1, 0.15) is 5.75 Å². The Bertz CT molecular complexity index is 323. The highest BCUT2D eigenvalue weighted by molar-refractivity contribution is 5.74. The molecule has 0 aliphatic heterocycles. The highest BCUT2D eigenvalue weighted by Gasteiger charge is 2.06. The number of para-hydroxylation sites is 1. The summed E-state index contributed by atoms with van der Waals surface area (Å²) in [5.41, 5.74) is 6.27. The lowest BCUT2D eigenvalue weighted by molar-refractivity contribution is -0.132. The summed E-state index contributed by atoms with van der Waals surface area (Å²) in [4.78, 5) is 11.1. The number of hydrogen-bond acceptors (Lipinski definition) is 3. The van der Waals surface area contributed by atoms with Gasteiger partial charge in [-0.25, -0.2) is 0 Å². The zero-order valence-corrected chi connectivity index (χ0v) is 9.03. The summed E-state index contributed by atoms with van der Waals surface area (Å²) in [7, 11) is 0. The highest BCUT2D eigenvalue weighted by atomic mass is 16.5. The maximum absolute atomic E-state index is 11.1. The van der Waals surface area contributed by atoms with Gasteiger partial charge in [0.25, 0.3) is 0 Å². The molecule has 0 saturated heterocycles. The predicted octanol–water partition coefficient (Wildman–Crippen LogP) is 1.89. The van der Waals surface area contributed by atoms with Crippen LogP contribution in [-0.4, -0.2) is 12.5 Å². The average molecular weight is 207 g/mol. The monoisotopic (exact) mass is 207 g/mol. The lowest BCUT2D eigenvalue weighted by atomic mass is 10.1. The van der Waals surface area contributed by atoms with Crippen molar-refractivity contribution in [3.63, 3.8) is 0 Å². The molecular formula is C12H17NO2. The third-order valence-electron chi connectivity index (χ3n) is 2.16. The van der Waals surface area contributed by atoms with Gasteiger partial charge in [0, 0.05) is 0 Å². The summed E-state index contributed by atoms with van der Waals surface area (Å²) in [5, 5.41) is 0. The number of carbonyl (C=O) groups excluding carboxylic acids is 1. The van der Waals surface area contributed by atoms with E-state index in [9.17, 15) is 4.79 Å². The minimum Gasteiger partial charge on any atom is -0.425 e. The van der Waals surface area contributed by atoms with Crippen molar-refractivity contribution < 1.29 is 9.53 Å². The summed E-state index contributed by atoms with van der Waals surface area (Å²) in [5.74, 6) is 0.250. The molecule has 0 unspecified atom stereocenters. The zero-order valence-electron chi connectivity index (χ0n) is 9.03. The van der Waals surface area contributed by atoms with Gasteiger partial charge in [0.15, 0.2) is 0 Å². The van der Waals surface area contributed by atoms with Gasteiger partial charge in [0.2, 0.25) is 0 Å². The fourth-order valence-electron chi connectivity index (χ4n) is 1.34. The van der Waals surface area contributed by atoms with Crippen molar-refractivity contribution in [2.24, 2.45) is 5.73 Å². The van der Waals surface area contributed by atoms with E-state index in [1.54, 1.807) is 6.07 Å². The van der Waals surface area contributed by atoms with E-state index in [-0.39, 0.29) is 12.5 Å². The molecule has 1 aromatic carbocycles. The number of esters is 1. The summed E-state index contributed by atoms with van der Waals surface area (Å²) >= 11 is 0. The molecular weight excluding hydrogens is 190 g/mol. The Morgan fingerprint density at radius 2 is 2.13 bits per heavy atom. The van der Waals surface area contributed by atoms with E-state index in [1.807, 2.05) is 18.2 Å². The van der Waals surface area contributed by atoms with Gasteiger partial charge in [0.05, 0.1) is 6.54 Å². The van der Waals surface area contributed by atoms with Crippen molar-refractivity contribution >= 4 is 5.97 Å². The summed E-state index contributed by atoms with van der Waals surface area (Å²) in [6.45, 7) is 2.05. The molecule has 0 fully saturated rings. The number of ether oxygens (including phenoxy) is 1. The largest absolute Gasteiger partial charge is 0.425 e. The molecule has 15 heavy (non-hydrogen) atoms. The van der Waals surface area contributed by atoms with E-state index in [2.05, 4.69) is 6.92 Å². The molecule has 1 rings (SSSR count). The Kier molecular flexibility index (Phi) is 4.84. The van der Waals surface area contributed by atoms with Gasteiger partial charge in [-0.2, -0.15) is 0 Å². The number of carbonyl (C=O) groups is 1. The van der Waals surface area contributed by atoms with Crippen molar-refractivity contribution in [3.05, 3.63) is 29.8 Å². The molecule has 0 aliphatic rings. The summed E-state index contributed by atoms with van der Waals surface area (Å²) in [6, 6.07) is 7.59. The van der Waals surface area contributed by atoms with E-state index in [4.69, 9.17) is 10.5 Å². The number of rotatable bonds is 5. The first-order chi connectivity index (χ1) is 7.27. The van der Waals surface area contributed by atoms with Crippen LogP contribution in [0.3, 0.4) is 0 Å². The number of unbranched alkanes of at least 4 members (excludes halogenated alkanes) is 1. The average Bonchev–Trinajstić information content (AvgIpc) is 2.28.